The van der Waals surface area contributed by atoms with Gasteiger partial charge in [0.2, 0.25) is 23.1 Å². The molecule has 4 heteroatoms. The fourth-order valence-corrected chi connectivity index (χ4v) is 2.81. The van der Waals surface area contributed by atoms with E-state index in [1.807, 2.05) is 0 Å². The number of hydrogen-bond donors (Lipinski definition) is 0. The summed E-state index contributed by atoms with van der Waals surface area (Å²) in [7, 11) is 0. The lowest BCUT2D eigenvalue weighted by Gasteiger charge is -2.41. The Morgan fingerprint density at radius 1 is 0.750 bits per heavy atom. The van der Waals surface area contributed by atoms with Gasteiger partial charge in [-0.15, -0.1) is 0 Å². The molecule has 1 fully saturated rings. The Hall–Kier alpha value is -1.84. The summed E-state index contributed by atoms with van der Waals surface area (Å²) < 4.78 is 0. The van der Waals surface area contributed by atoms with E-state index >= 15 is 0 Å². The molecule has 4 rings (SSSR count). The molecule has 0 aromatic heterocycles. The van der Waals surface area contributed by atoms with Gasteiger partial charge in [-0.05, 0) is 6.08 Å². The van der Waals surface area contributed by atoms with Gasteiger partial charge in [-0.25, -0.2) is 0 Å². The van der Waals surface area contributed by atoms with E-state index in [9.17, 15) is 19.2 Å². The summed E-state index contributed by atoms with van der Waals surface area (Å²) in [6, 6.07) is 0. The maximum atomic E-state index is 11.7. The minimum atomic E-state index is -0.719. The number of allylic oxidation sites excluding steroid dienone is 4. The molecule has 1 saturated carbocycles. The Bertz CT molecular complexity index is 497. The highest BCUT2D eigenvalue weighted by molar-refractivity contribution is 6.47. The quantitative estimate of drug-likeness (QED) is 0.418. The average Bonchev–Trinajstić information content (AvgIpc) is 2.29. The molecule has 0 saturated heterocycles. The summed E-state index contributed by atoms with van der Waals surface area (Å²) in [5.41, 5.74) is 0. The molecule has 2 bridgehead atoms. The van der Waals surface area contributed by atoms with Crippen LogP contribution in [-0.4, -0.2) is 23.1 Å². The van der Waals surface area contributed by atoms with E-state index in [-0.39, 0.29) is 5.92 Å². The second-order valence-corrected chi connectivity index (χ2v) is 4.36. The number of hydrogen-bond acceptors (Lipinski definition) is 4. The Morgan fingerprint density at radius 3 is 2.12 bits per heavy atom. The molecule has 4 aliphatic rings. The van der Waals surface area contributed by atoms with E-state index in [0.717, 1.165) is 0 Å². The van der Waals surface area contributed by atoms with Crippen LogP contribution in [0.2, 0.25) is 0 Å². The topological polar surface area (TPSA) is 68.3 Å². The van der Waals surface area contributed by atoms with Gasteiger partial charge >= 0.3 is 0 Å². The minimum absolute atomic E-state index is 0.301. The second-order valence-electron chi connectivity index (χ2n) is 4.36. The van der Waals surface area contributed by atoms with Crippen molar-refractivity contribution in [2.75, 3.05) is 0 Å². The first kappa shape index (κ1) is 9.39. The molecular weight excluding hydrogens is 208 g/mol. The number of rotatable bonds is 0. The van der Waals surface area contributed by atoms with E-state index in [2.05, 4.69) is 0 Å². The lowest BCUT2D eigenvalue weighted by molar-refractivity contribution is -0.151. The zero-order valence-corrected chi connectivity index (χ0v) is 8.25. The Balaban J connectivity index is 2.15. The molecule has 0 amide bonds. The number of Topliss-reactive ketones (excluding diaryl/α,β-unsaturated/α-hetero) is 3. The van der Waals surface area contributed by atoms with Crippen molar-refractivity contribution in [2.45, 2.75) is 0 Å². The van der Waals surface area contributed by atoms with E-state index in [1.54, 1.807) is 18.2 Å². The number of fused-ring (bicyclic) bond motifs is 1. The first-order valence-corrected chi connectivity index (χ1v) is 5.14. The summed E-state index contributed by atoms with van der Waals surface area (Å²) in [5, 5.41) is 0. The third-order valence-electron chi connectivity index (χ3n) is 3.61. The van der Waals surface area contributed by atoms with Crippen LogP contribution in [0.3, 0.4) is 0 Å². The van der Waals surface area contributed by atoms with Crippen LogP contribution in [0.15, 0.2) is 24.3 Å². The van der Waals surface area contributed by atoms with Gasteiger partial charge in [0.1, 0.15) is 0 Å². The van der Waals surface area contributed by atoms with Gasteiger partial charge < -0.3 is 0 Å². The largest absolute Gasteiger partial charge is 0.290 e. The first-order valence-electron chi connectivity index (χ1n) is 5.14. The normalized spacial score (nSPS) is 40.5. The lowest BCUT2D eigenvalue weighted by atomic mass is 9.58. The third-order valence-corrected chi connectivity index (χ3v) is 3.61. The molecule has 0 aromatic rings. The number of carbonyl (C=O) groups excluding carboxylic acids is 4. The fourth-order valence-electron chi connectivity index (χ4n) is 2.81. The van der Waals surface area contributed by atoms with E-state index in [1.165, 1.54) is 6.08 Å². The molecule has 4 atom stereocenters. The summed E-state index contributed by atoms with van der Waals surface area (Å²) in [5.74, 6) is -4.26. The second kappa shape index (κ2) is 2.84. The van der Waals surface area contributed by atoms with Crippen molar-refractivity contribution in [1.82, 2.24) is 0 Å². The molecule has 0 spiro atoms. The van der Waals surface area contributed by atoms with Crippen molar-refractivity contribution in [3.05, 3.63) is 24.3 Å². The molecule has 0 N–H and O–H groups in total. The molecule has 0 aromatic carbocycles. The van der Waals surface area contributed by atoms with Gasteiger partial charge in [0.25, 0.3) is 0 Å². The van der Waals surface area contributed by atoms with Crippen molar-refractivity contribution in [3.63, 3.8) is 0 Å². The number of carbonyl (C=O) groups is 4. The zero-order chi connectivity index (χ0) is 11.4. The van der Waals surface area contributed by atoms with E-state index in [4.69, 9.17) is 0 Å². The average molecular weight is 216 g/mol. The number of ketones is 4. The molecule has 0 radical (unpaired) electrons. The highest BCUT2D eigenvalue weighted by Crippen LogP contribution is 2.43. The van der Waals surface area contributed by atoms with Crippen molar-refractivity contribution >= 4 is 23.1 Å². The molecule has 80 valence electrons. The van der Waals surface area contributed by atoms with Crippen LogP contribution in [-0.2, 0) is 19.2 Å². The van der Waals surface area contributed by atoms with Gasteiger partial charge in [-0.1, -0.05) is 18.2 Å². The third kappa shape index (κ3) is 0.939. The summed E-state index contributed by atoms with van der Waals surface area (Å²) in [4.78, 5) is 46.2. The Labute approximate surface area is 91.0 Å². The Morgan fingerprint density at radius 2 is 1.38 bits per heavy atom. The first-order chi connectivity index (χ1) is 7.61. The molecule has 0 unspecified atom stereocenters. The highest BCUT2D eigenvalue weighted by atomic mass is 16.2. The maximum Gasteiger partial charge on any atom is 0.221 e. The predicted molar refractivity (Wildman–Crippen MR) is 52.3 cm³/mol. The van der Waals surface area contributed by atoms with Crippen LogP contribution < -0.4 is 0 Å². The minimum Gasteiger partial charge on any atom is -0.290 e. The van der Waals surface area contributed by atoms with Gasteiger partial charge in [0.05, 0.1) is 11.8 Å². The molecular formula is C12H8O4. The van der Waals surface area contributed by atoms with Gasteiger partial charge in [-0.3, -0.25) is 19.2 Å². The highest BCUT2D eigenvalue weighted by Gasteiger charge is 2.54. The van der Waals surface area contributed by atoms with Gasteiger partial charge in [-0.2, -0.15) is 0 Å². The van der Waals surface area contributed by atoms with Crippen molar-refractivity contribution < 1.29 is 19.2 Å². The summed E-state index contributed by atoms with van der Waals surface area (Å²) in [6.07, 6.45) is 6.10. The summed E-state index contributed by atoms with van der Waals surface area (Å²) in [6.45, 7) is 0. The van der Waals surface area contributed by atoms with Crippen molar-refractivity contribution in [2.24, 2.45) is 23.7 Å². The smallest absolute Gasteiger partial charge is 0.221 e. The van der Waals surface area contributed by atoms with E-state index < -0.39 is 40.9 Å². The molecule has 0 aliphatic heterocycles. The van der Waals surface area contributed by atoms with Gasteiger partial charge in [0, 0.05) is 11.8 Å². The standard InChI is InChI=1S/C12H8O4/c13-8-4-3-5-6-1-2-7(9(5)12(8)16)11(15)10(6)14/h1-7,9H/t5-,6-,7+,9-/m1/s1. The maximum absolute atomic E-state index is 11.7. The lowest BCUT2D eigenvalue weighted by Crippen LogP contribution is -2.53. The molecule has 4 nitrogen and oxygen atoms in total. The monoisotopic (exact) mass is 216 g/mol. The van der Waals surface area contributed by atoms with Crippen LogP contribution in [0.4, 0.5) is 0 Å². The molecule has 0 heterocycles. The Kier molecular flexibility index (Phi) is 1.67. The fraction of sp³-hybridized carbons (Fsp3) is 0.333. The van der Waals surface area contributed by atoms with Crippen molar-refractivity contribution in [1.29, 1.82) is 0 Å². The SMILES string of the molecule is O=C1C=C[C@H]2[C@@H](C1=O)[C@@H]1C=C[C@H]2C(=O)C1=O. The van der Waals surface area contributed by atoms with E-state index in [0.29, 0.717) is 0 Å². The predicted octanol–water partition coefficient (Wildman–Crippen LogP) is -0.119. The summed E-state index contributed by atoms with van der Waals surface area (Å²) >= 11 is 0. The van der Waals surface area contributed by atoms with Crippen LogP contribution in [0, 0.1) is 23.7 Å². The van der Waals surface area contributed by atoms with Gasteiger partial charge in [0.15, 0.2) is 0 Å². The van der Waals surface area contributed by atoms with Crippen LogP contribution in [0.25, 0.3) is 0 Å². The zero-order valence-electron chi connectivity index (χ0n) is 8.25. The van der Waals surface area contributed by atoms with Crippen LogP contribution >= 0.6 is 0 Å². The molecule has 4 aliphatic carbocycles. The van der Waals surface area contributed by atoms with Crippen LogP contribution in [0.1, 0.15) is 0 Å². The van der Waals surface area contributed by atoms with Crippen LogP contribution in [0.5, 0.6) is 0 Å². The van der Waals surface area contributed by atoms with Crippen molar-refractivity contribution in [3.8, 4) is 0 Å². The molecule has 16 heavy (non-hydrogen) atoms.